The second kappa shape index (κ2) is 7.06. The van der Waals surface area contributed by atoms with Crippen LogP contribution in [-0.2, 0) is 11.3 Å². The highest BCUT2D eigenvalue weighted by atomic mass is 79.9. The van der Waals surface area contributed by atoms with Crippen LogP contribution in [0.1, 0.15) is 36.8 Å². The molecule has 3 nitrogen and oxygen atoms in total. The van der Waals surface area contributed by atoms with Gasteiger partial charge in [0.05, 0.1) is 0 Å². The second-order valence-electron chi connectivity index (χ2n) is 5.21. The van der Waals surface area contributed by atoms with E-state index in [1.54, 1.807) is 0 Å². The molecule has 1 fully saturated rings. The number of rotatable bonds is 7. The standard InChI is InChI=1S/C15H21BrN2O/c1-11-9-12(4-7-14(11)16)10-17-8-2-3-15(19)18-13-5-6-13/h4,7,9,13,17H,2-3,5-6,8,10H2,1H3,(H,18,19). The van der Waals surface area contributed by atoms with Crippen molar-refractivity contribution in [1.29, 1.82) is 0 Å². The molecule has 4 heteroatoms. The summed E-state index contributed by atoms with van der Waals surface area (Å²) in [5, 5.41) is 6.38. The maximum Gasteiger partial charge on any atom is 0.220 e. The molecule has 1 amide bonds. The highest BCUT2D eigenvalue weighted by molar-refractivity contribution is 9.10. The molecule has 0 spiro atoms. The third-order valence-corrected chi connectivity index (χ3v) is 4.14. The van der Waals surface area contributed by atoms with E-state index in [9.17, 15) is 4.79 Å². The van der Waals surface area contributed by atoms with E-state index in [1.807, 2.05) is 0 Å². The zero-order chi connectivity index (χ0) is 13.7. The molecule has 0 bridgehead atoms. The Morgan fingerprint density at radius 1 is 1.42 bits per heavy atom. The molecule has 1 aromatic rings. The van der Waals surface area contributed by atoms with E-state index < -0.39 is 0 Å². The largest absolute Gasteiger partial charge is 0.353 e. The Morgan fingerprint density at radius 2 is 2.21 bits per heavy atom. The van der Waals surface area contributed by atoms with Gasteiger partial charge in [0.15, 0.2) is 0 Å². The van der Waals surface area contributed by atoms with E-state index in [2.05, 4.69) is 51.7 Å². The second-order valence-corrected chi connectivity index (χ2v) is 6.06. The van der Waals surface area contributed by atoms with Gasteiger partial charge in [-0.2, -0.15) is 0 Å². The van der Waals surface area contributed by atoms with Crippen LogP contribution in [0, 0.1) is 6.92 Å². The highest BCUT2D eigenvalue weighted by Gasteiger charge is 2.22. The summed E-state index contributed by atoms with van der Waals surface area (Å²) in [4.78, 5) is 11.5. The molecule has 1 aliphatic rings. The van der Waals surface area contributed by atoms with Gasteiger partial charge >= 0.3 is 0 Å². The SMILES string of the molecule is Cc1cc(CNCCCC(=O)NC2CC2)ccc1Br. The molecule has 0 atom stereocenters. The maximum atomic E-state index is 11.5. The zero-order valence-electron chi connectivity index (χ0n) is 11.3. The third-order valence-electron chi connectivity index (χ3n) is 3.25. The minimum atomic E-state index is 0.198. The van der Waals surface area contributed by atoms with Crippen molar-refractivity contribution in [3.63, 3.8) is 0 Å². The van der Waals surface area contributed by atoms with Crippen LogP contribution in [0.3, 0.4) is 0 Å². The molecule has 0 radical (unpaired) electrons. The number of aryl methyl sites for hydroxylation is 1. The van der Waals surface area contributed by atoms with Crippen LogP contribution < -0.4 is 10.6 Å². The summed E-state index contributed by atoms with van der Waals surface area (Å²) in [5.74, 6) is 0.198. The molecule has 1 saturated carbocycles. The number of carbonyl (C=O) groups is 1. The van der Waals surface area contributed by atoms with Crippen LogP contribution in [0.25, 0.3) is 0 Å². The first-order valence-corrected chi connectivity index (χ1v) is 7.69. The number of amides is 1. The van der Waals surface area contributed by atoms with Gasteiger partial charge in [0.25, 0.3) is 0 Å². The molecule has 0 heterocycles. The Kier molecular flexibility index (Phi) is 5.40. The van der Waals surface area contributed by atoms with E-state index in [0.29, 0.717) is 12.5 Å². The Bertz CT molecular complexity index is 444. The summed E-state index contributed by atoms with van der Waals surface area (Å²) in [6.45, 7) is 3.83. The first-order chi connectivity index (χ1) is 9.15. The Labute approximate surface area is 123 Å². The smallest absolute Gasteiger partial charge is 0.220 e. The van der Waals surface area contributed by atoms with Crippen molar-refractivity contribution in [3.8, 4) is 0 Å². The number of hydrogen-bond acceptors (Lipinski definition) is 2. The van der Waals surface area contributed by atoms with Crippen LogP contribution in [-0.4, -0.2) is 18.5 Å². The van der Waals surface area contributed by atoms with Gasteiger partial charge in [-0.25, -0.2) is 0 Å². The van der Waals surface area contributed by atoms with Gasteiger partial charge in [0.2, 0.25) is 5.91 Å². The van der Waals surface area contributed by atoms with Crippen molar-refractivity contribution < 1.29 is 4.79 Å². The van der Waals surface area contributed by atoms with Crippen molar-refractivity contribution in [3.05, 3.63) is 33.8 Å². The van der Waals surface area contributed by atoms with Gasteiger partial charge < -0.3 is 10.6 Å². The first-order valence-electron chi connectivity index (χ1n) is 6.90. The van der Waals surface area contributed by atoms with E-state index >= 15 is 0 Å². The van der Waals surface area contributed by atoms with Gasteiger partial charge in [-0.3, -0.25) is 4.79 Å². The van der Waals surface area contributed by atoms with Crippen LogP contribution in [0.4, 0.5) is 0 Å². The molecule has 0 unspecified atom stereocenters. The van der Waals surface area contributed by atoms with Crippen molar-refractivity contribution in [2.24, 2.45) is 0 Å². The summed E-state index contributed by atoms with van der Waals surface area (Å²) < 4.78 is 1.15. The number of carbonyl (C=O) groups excluding carboxylic acids is 1. The van der Waals surface area contributed by atoms with Gasteiger partial charge in [0, 0.05) is 23.5 Å². The average Bonchev–Trinajstić information content (AvgIpc) is 3.17. The lowest BCUT2D eigenvalue weighted by molar-refractivity contribution is -0.121. The maximum absolute atomic E-state index is 11.5. The average molecular weight is 325 g/mol. The minimum absolute atomic E-state index is 0.198. The molecule has 0 saturated heterocycles. The van der Waals surface area contributed by atoms with Crippen molar-refractivity contribution >= 4 is 21.8 Å². The molecular formula is C15H21BrN2O. The molecule has 0 aromatic heterocycles. The number of benzene rings is 1. The molecule has 2 N–H and O–H groups in total. The van der Waals surface area contributed by atoms with E-state index in [4.69, 9.17) is 0 Å². The molecule has 1 aromatic carbocycles. The van der Waals surface area contributed by atoms with Gasteiger partial charge in [0.1, 0.15) is 0 Å². The summed E-state index contributed by atoms with van der Waals surface area (Å²) in [5.41, 5.74) is 2.53. The monoisotopic (exact) mass is 324 g/mol. The Hall–Kier alpha value is -0.870. The van der Waals surface area contributed by atoms with Crippen LogP contribution in [0.2, 0.25) is 0 Å². The quantitative estimate of drug-likeness (QED) is 0.757. The predicted molar refractivity (Wildman–Crippen MR) is 81.0 cm³/mol. The van der Waals surface area contributed by atoms with Crippen LogP contribution in [0.15, 0.2) is 22.7 Å². The number of nitrogens with one attached hydrogen (secondary N) is 2. The lowest BCUT2D eigenvalue weighted by Crippen LogP contribution is -2.26. The molecule has 19 heavy (non-hydrogen) atoms. The fourth-order valence-corrected chi connectivity index (χ4v) is 2.20. The summed E-state index contributed by atoms with van der Waals surface area (Å²) in [7, 11) is 0. The summed E-state index contributed by atoms with van der Waals surface area (Å²) in [6.07, 6.45) is 3.84. The van der Waals surface area contributed by atoms with E-state index in [-0.39, 0.29) is 5.91 Å². The number of halogens is 1. The van der Waals surface area contributed by atoms with Crippen molar-refractivity contribution in [2.45, 2.75) is 45.2 Å². The van der Waals surface area contributed by atoms with Crippen LogP contribution >= 0.6 is 15.9 Å². The fourth-order valence-electron chi connectivity index (χ4n) is 1.95. The summed E-state index contributed by atoms with van der Waals surface area (Å²) >= 11 is 3.50. The lowest BCUT2D eigenvalue weighted by Gasteiger charge is -2.07. The van der Waals surface area contributed by atoms with E-state index in [0.717, 1.165) is 36.8 Å². The van der Waals surface area contributed by atoms with E-state index in [1.165, 1.54) is 11.1 Å². The topological polar surface area (TPSA) is 41.1 Å². The molecule has 0 aliphatic heterocycles. The third kappa shape index (κ3) is 5.33. The molecular weight excluding hydrogens is 304 g/mol. The van der Waals surface area contributed by atoms with Gasteiger partial charge in [-0.1, -0.05) is 28.1 Å². The normalized spacial score (nSPS) is 14.4. The van der Waals surface area contributed by atoms with Gasteiger partial charge in [-0.15, -0.1) is 0 Å². The summed E-state index contributed by atoms with van der Waals surface area (Å²) in [6, 6.07) is 6.85. The molecule has 104 valence electrons. The van der Waals surface area contributed by atoms with Gasteiger partial charge in [-0.05, 0) is 49.9 Å². The minimum Gasteiger partial charge on any atom is -0.353 e. The predicted octanol–water partition coefficient (Wildman–Crippen LogP) is 2.91. The van der Waals surface area contributed by atoms with Crippen LogP contribution in [0.5, 0.6) is 0 Å². The molecule has 1 aliphatic carbocycles. The fraction of sp³-hybridized carbons (Fsp3) is 0.533. The zero-order valence-corrected chi connectivity index (χ0v) is 12.9. The highest BCUT2D eigenvalue weighted by Crippen LogP contribution is 2.18. The van der Waals surface area contributed by atoms with Crippen molar-refractivity contribution in [2.75, 3.05) is 6.54 Å². The Balaban J connectivity index is 1.58. The Morgan fingerprint density at radius 3 is 2.89 bits per heavy atom. The lowest BCUT2D eigenvalue weighted by atomic mass is 10.1. The molecule has 2 rings (SSSR count). The van der Waals surface area contributed by atoms with Crippen molar-refractivity contribution in [1.82, 2.24) is 10.6 Å². The number of hydrogen-bond donors (Lipinski definition) is 2. The first kappa shape index (κ1) is 14.5.